The van der Waals surface area contributed by atoms with Crippen LogP contribution in [-0.4, -0.2) is 0 Å². The first-order valence-corrected chi connectivity index (χ1v) is 7.15. The molecule has 0 amide bonds. The van der Waals surface area contributed by atoms with E-state index in [1.54, 1.807) is 44.6 Å². The van der Waals surface area contributed by atoms with Gasteiger partial charge in [0.1, 0.15) is 0 Å². The number of rotatable bonds is 0. The Morgan fingerprint density at radius 2 is 0.722 bits per heavy atom. The molecule has 1 fully saturated rings. The first-order chi connectivity index (χ1) is 8.90. The molecule has 1 saturated carbocycles. The SMILES string of the molecule is C1=CC2=C3CCC4=C5C=CC(=C4CCC3=C1C2)C5. The number of fused-ring (bicyclic) bond motifs is 6. The average molecular weight is 232 g/mol. The van der Waals surface area contributed by atoms with E-state index >= 15 is 0 Å². The molecule has 0 N–H and O–H groups in total. The topological polar surface area (TPSA) is 0 Å². The predicted octanol–water partition coefficient (Wildman–Crippen LogP) is 4.69. The lowest BCUT2D eigenvalue weighted by atomic mass is 9.83. The summed E-state index contributed by atoms with van der Waals surface area (Å²) in [7, 11) is 0. The molecule has 5 aliphatic carbocycles. The average Bonchev–Trinajstić information content (AvgIpc) is 3.06. The molecule has 0 radical (unpaired) electrons. The van der Waals surface area contributed by atoms with Crippen LogP contribution in [0.3, 0.4) is 0 Å². The van der Waals surface area contributed by atoms with E-state index in [0.29, 0.717) is 0 Å². The number of hydrogen-bond acceptors (Lipinski definition) is 0. The summed E-state index contributed by atoms with van der Waals surface area (Å²) in [6.45, 7) is 0. The van der Waals surface area contributed by atoms with E-state index < -0.39 is 0 Å². The molecular weight excluding hydrogens is 216 g/mol. The Bertz CT molecular complexity index is 553. The van der Waals surface area contributed by atoms with Gasteiger partial charge in [0.05, 0.1) is 0 Å². The maximum atomic E-state index is 2.35. The van der Waals surface area contributed by atoms with Crippen molar-refractivity contribution in [2.24, 2.45) is 0 Å². The van der Waals surface area contributed by atoms with Crippen molar-refractivity contribution >= 4 is 0 Å². The zero-order chi connectivity index (χ0) is 11.7. The fourth-order valence-electron chi connectivity index (χ4n) is 4.40. The Labute approximate surface area is 108 Å². The van der Waals surface area contributed by atoms with Crippen molar-refractivity contribution in [1.82, 2.24) is 0 Å². The molecular formula is C18H16. The summed E-state index contributed by atoms with van der Waals surface area (Å²) >= 11 is 0. The van der Waals surface area contributed by atoms with Gasteiger partial charge >= 0.3 is 0 Å². The first-order valence-electron chi connectivity index (χ1n) is 7.15. The van der Waals surface area contributed by atoms with Gasteiger partial charge in [-0.05, 0) is 83.1 Å². The summed E-state index contributed by atoms with van der Waals surface area (Å²) in [4.78, 5) is 0. The minimum Gasteiger partial charge on any atom is -0.0581 e. The van der Waals surface area contributed by atoms with Gasteiger partial charge in [0.15, 0.2) is 0 Å². The molecule has 5 aliphatic rings. The second-order valence-corrected chi connectivity index (χ2v) is 6.04. The maximum absolute atomic E-state index is 2.35. The summed E-state index contributed by atoms with van der Waals surface area (Å²) in [5.41, 5.74) is 13.3. The molecule has 88 valence electrons. The standard InChI is InChI=1S/C18H16/c1-2-12-9-11(1)15-5-6-17-13-3-4-14(10-13)18(17)8-7-16(12)15/h1-4H,5-10H2. The quantitative estimate of drug-likeness (QED) is 0.568. The van der Waals surface area contributed by atoms with E-state index in [1.165, 1.54) is 38.5 Å². The highest BCUT2D eigenvalue weighted by Crippen LogP contribution is 2.50. The molecule has 0 aromatic carbocycles. The van der Waals surface area contributed by atoms with Crippen LogP contribution < -0.4 is 0 Å². The molecule has 0 nitrogen and oxygen atoms in total. The van der Waals surface area contributed by atoms with Crippen molar-refractivity contribution < 1.29 is 0 Å². The second kappa shape index (κ2) is 3.06. The van der Waals surface area contributed by atoms with Gasteiger partial charge in [-0.25, -0.2) is 0 Å². The second-order valence-electron chi connectivity index (χ2n) is 6.04. The maximum Gasteiger partial charge on any atom is -0.00201 e. The first kappa shape index (κ1) is 9.38. The summed E-state index contributed by atoms with van der Waals surface area (Å²) in [5.74, 6) is 0. The zero-order valence-corrected chi connectivity index (χ0v) is 10.6. The number of hydrogen-bond donors (Lipinski definition) is 0. The van der Waals surface area contributed by atoms with E-state index in [-0.39, 0.29) is 0 Å². The van der Waals surface area contributed by atoms with Gasteiger partial charge in [0.25, 0.3) is 0 Å². The van der Waals surface area contributed by atoms with Crippen molar-refractivity contribution in [2.45, 2.75) is 38.5 Å². The molecule has 0 aromatic heterocycles. The van der Waals surface area contributed by atoms with Crippen LogP contribution in [0.1, 0.15) is 38.5 Å². The van der Waals surface area contributed by atoms with E-state index in [4.69, 9.17) is 0 Å². The summed E-state index contributed by atoms with van der Waals surface area (Å²) in [6, 6.07) is 0. The molecule has 0 atom stereocenters. The van der Waals surface area contributed by atoms with Gasteiger partial charge < -0.3 is 0 Å². The van der Waals surface area contributed by atoms with Crippen LogP contribution in [0.15, 0.2) is 68.9 Å². The molecule has 0 aromatic rings. The fraction of sp³-hybridized carbons (Fsp3) is 0.333. The third kappa shape index (κ3) is 1.03. The van der Waals surface area contributed by atoms with Gasteiger partial charge in [-0.15, -0.1) is 0 Å². The Morgan fingerprint density at radius 1 is 0.444 bits per heavy atom. The lowest BCUT2D eigenvalue weighted by Gasteiger charge is -2.21. The van der Waals surface area contributed by atoms with Crippen LogP contribution in [0.25, 0.3) is 0 Å². The normalized spacial score (nSPS) is 27.6. The van der Waals surface area contributed by atoms with E-state index in [9.17, 15) is 0 Å². The molecule has 18 heavy (non-hydrogen) atoms. The molecule has 0 spiro atoms. The van der Waals surface area contributed by atoms with Crippen LogP contribution in [0.2, 0.25) is 0 Å². The van der Waals surface area contributed by atoms with E-state index in [0.717, 1.165) is 0 Å². The molecule has 4 bridgehead atoms. The van der Waals surface area contributed by atoms with Gasteiger partial charge in [-0.1, -0.05) is 24.3 Å². The smallest absolute Gasteiger partial charge is 0.00201 e. The molecule has 5 rings (SSSR count). The van der Waals surface area contributed by atoms with Crippen molar-refractivity contribution in [3.63, 3.8) is 0 Å². The van der Waals surface area contributed by atoms with Crippen LogP contribution in [-0.2, 0) is 0 Å². The predicted molar refractivity (Wildman–Crippen MR) is 74.1 cm³/mol. The van der Waals surface area contributed by atoms with Crippen LogP contribution in [0.5, 0.6) is 0 Å². The van der Waals surface area contributed by atoms with Crippen LogP contribution >= 0.6 is 0 Å². The lowest BCUT2D eigenvalue weighted by Crippen LogP contribution is -2.03. The van der Waals surface area contributed by atoms with Crippen molar-refractivity contribution in [3.8, 4) is 0 Å². The monoisotopic (exact) mass is 232 g/mol. The highest BCUT2D eigenvalue weighted by atomic mass is 14.4. The van der Waals surface area contributed by atoms with Crippen LogP contribution in [0, 0.1) is 0 Å². The molecule has 0 heterocycles. The summed E-state index contributed by atoms with van der Waals surface area (Å²) in [5, 5.41) is 0. The number of allylic oxidation sites excluding steroid dienone is 12. The Hall–Kier alpha value is -1.56. The minimum absolute atomic E-state index is 1.24. The third-order valence-corrected chi connectivity index (χ3v) is 5.26. The highest BCUT2D eigenvalue weighted by molar-refractivity contribution is 5.64. The third-order valence-electron chi connectivity index (χ3n) is 5.26. The zero-order valence-electron chi connectivity index (χ0n) is 10.6. The molecule has 0 aliphatic heterocycles. The van der Waals surface area contributed by atoms with Gasteiger partial charge in [0.2, 0.25) is 0 Å². The Morgan fingerprint density at radius 3 is 1.00 bits per heavy atom. The van der Waals surface area contributed by atoms with Gasteiger partial charge in [-0.2, -0.15) is 0 Å². The van der Waals surface area contributed by atoms with Gasteiger partial charge in [-0.3, -0.25) is 0 Å². The Kier molecular flexibility index (Phi) is 1.59. The van der Waals surface area contributed by atoms with E-state index in [1.807, 2.05) is 0 Å². The fourth-order valence-corrected chi connectivity index (χ4v) is 4.40. The van der Waals surface area contributed by atoms with Crippen molar-refractivity contribution in [1.29, 1.82) is 0 Å². The van der Waals surface area contributed by atoms with E-state index in [2.05, 4.69) is 24.3 Å². The highest BCUT2D eigenvalue weighted by Gasteiger charge is 2.31. The molecule has 0 heteroatoms. The Balaban J connectivity index is 1.62. The van der Waals surface area contributed by atoms with Crippen molar-refractivity contribution in [3.05, 3.63) is 68.9 Å². The lowest BCUT2D eigenvalue weighted by molar-refractivity contribution is 0.821. The molecule has 0 saturated heterocycles. The van der Waals surface area contributed by atoms with Gasteiger partial charge in [0, 0.05) is 0 Å². The van der Waals surface area contributed by atoms with Crippen LogP contribution in [0.4, 0.5) is 0 Å². The largest absolute Gasteiger partial charge is 0.0581 e. The minimum atomic E-state index is 1.24. The summed E-state index contributed by atoms with van der Waals surface area (Å²) in [6.07, 6.45) is 17.0. The summed E-state index contributed by atoms with van der Waals surface area (Å²) < 4.78 is 0. The molecule has 0 unspecified atom stereocenters. The van der Waals surface area contributed by atoms with Crippen molar-refractivity contribution in [2.75, 3.05) is 0 Å².